The summed E-state index contributed by atoms with van der Waals surface area (Å²) in [5, 5.41) is 12.9. The Morgan fingerprint density at radius 3 is 2.86 bits per heavy atom. The van der Waals surface area contributed by atoms with E-state index < -0.39 is 12.0 Å². The first kappa shape index (κ1) is 10.6. The molecule has 0 spiro atoms. The number of carboxylic acids is 1. The van der Waals surface area contributed by atoms with E-state index in [2.05, 4.69) is 10.3 Å². The molecule has 1 aromatic heterocycles. The van der Waals surface area contributed by atoms with E-state index >= 15 is 0 Å². The van der Waals surface area contributed by atoms with Crippen LogP contribution in [0.3, 0.4) is 0 Å². The van der Waals surface area contributed by atoms with Crippen LogP contribution in [0.15, 0.2) is 10.9 Å². The zero-order valence-corrected chi connectivity index (χ0v) is 8.37. The number of carbonyl (C=O) groups excluding carboxylic acids is 1. The van der Waals surface area contributed by atoms with Crippen molar-refractivity contribution < 1.29 is 14.7 Å². The molecule has 5 nitrogen and oxygen atoms in total. The Labute approximate surface area is 84.8 Å². The van der Waals surface area contributed by atoms with Crippen LogP contribution in [-0.4, -0.2) is 28.0 Å². The van der Waals surface area contributed by atoms with E-state index in [1.807, 2.05) is 0 Å². The summed E-state index contributed by atoms with van der Waals surface area (Å²) < 4.78 is 0. The van der Waals surface area contributed by atoms with Gasteiger partial charge in [-0.05, 0) is 0 Å². The summed E-state index contributed by atoms with van der Waals surface area (Å²) in [6, 6.07) is -0.894. The van der Waals surface area contributed by atoms with E-state index in [0.717, 1.165) is 0 Å². The first-order chi connectivity index (χ1) is 6.59. The molecule has 1 rings (SSSR count). The van der Waals surface area contributed by atoms with Gasteiger partial charge in [-0.25, -0.2) is 9.78 Å². The summed E-state index contributed by atoms with van der Waals surface area (Å²) >= 11 is 1.40. The van der Waals surface area contributed by atoms with E-state index in [1.54, 1.807) is 10.9 Å². The van der Waals surface area contributed by atoms with Gasteiger partial charge >= 0.3 is 5.97 Å². The zero-order valence-electron chi connectivity index (χ0n) is 7.56. The lowest BCUT2D eigenvalue weighted by atomic mass is 10.2. The van der Waals surface area contributed by atoms with Crippen molar-refractivity contribution in [2.75, 3.05) is 0 Å². The Kier molecular flexibility index (Phi) is 3.58. The lowest BCUT2D eigenvalue weighted by Gasteiger charge is -2.11. The minimum absolute atomic E-state index is 0.221. The van der Waals surface area contributed by atoms with E-state index in [1.165, 1.54) is 18.3 Å². The van der Waals surface area contributed by atoms with Crippen molar-refractivity contribution >= 4 is 23.2 Å². The summed E-state index contributed by atoms with van der Waals surface area (Å²) in [7, 11) is 0. The fourth-order valence-electron chi connectivity index (χ4n) is 0.993. The van der Waals surface area contributed by atoms with Crippen molar-refractivity contribution in [3.63, 3.8) is 0 Å². The number of carbonyl (C=O) groups is 2. The SMILES string of the molecule is CC(=O)N[C@@H](Cc1cscn1)C(=O)O. The number of amides is 1. The minimum atomic E-state index is -1.05. The predicted molar refractivity (Wildman–Crippen MR) is 51.1 cm³/mol. The molecule has 2 N–H and O–H groups in total. The highest BCUT2D eigenvalue weighted by Gasteiger charge is 2.19. The highest BCUT2D eigenvalue weighted by Crippen LogP contribution is 2.04. The Balaban J connectivity index is 2.60. The molecular formula is C8H10N2O3S. The van der Waals surface area contributed by atoms with Crippen LogP contribution in [0.2, 0.25) is 0 Å². The first-order valence-corrected chi connectivity index (χ1v) is 4.91. The number of aromatic nitrogens is 1. The highest BCUT2D eigenvalue weighted by molar-refractivity contribution is 7.07. The maximum Gasteiger partial charge on any atom is 0.326 e. The minimum Gasteiger partial charge on any atom is -0.480 e. The Bertz CT molecular complexity index is 323. The summed E-state index contributed by atoms with van der Waals surface area (Å²) in [4.78, 5) is 25.4. The van der Waals surface area contributed by atoms with Gasteiger partial charge in [-0.15, -0.1) is 11.3 Å². The maximum absolute atomic E-state index is 10.7. The molecule has 1 amide bonds. The molecule has 0 saturated heterocycles. The molecule has 0 aliphatic rings. The number of thiazole rings is 1. The number of hydrogen-bond acceptors (Lipinski definition) is 4. The number of hydrogen-bond donors (Lipinski definition) is 2. The zero-order chi connectivity index (χ0) is 10.6. The molecule has 0 radical (unpaired) electrons. The quantitative estimate of drug-likeness (QED) is 0.754. The van der Waals surface area contributed by atoms with Crippen molar-refractivity contribution in [3.05, 3.63) is 16.6 Å². The molecule has 0 saturated carbocycles. The standard InChI is InChI=1S/C8H10N2O3S/c1-5(11)10-7(8(12)13)2-6-3-14-4-9-6/h3-4,7H,2H2,1H3,(H,10,11)(H,12,13)/t7-/m0/s1. The lowest BCUT2D eigenvalue weighted by Crippen LogP contribution is -2.41. The van der Waals surface area contributed by atoms with E-state index in [0.29, 0.717) is 5.69 Å². The van der Waals surface area contributed by atoms with Gasteiger partial charge in [-0.2, -0.15) is 0 Å². The van der Waals surface area contributed by atoms with Gasteiger partial charge < -0.3 is 10.4 Å². The maximum atomic E-state index is 10.7. The average Bonchev–Trinajstić information content (AvgIpc) is 2.54. The lowest BCUT2D eigenvalue weighted by molar-refractivity contribution is -0.141. The van der Waals surface area contributed by atoms with E-state index in [-0.39, 0.29) is 12.3 Å². The number of carboxylic acid groups (broad SMARTS) is 1. The van der Waals surface area contributed by atoms with Crippen molar-refractivity contribution in [1.29, 1.82) is 0 Å². The summed E-state index contributed by atoms with van der Waals surface area (Å²) in [6.07, 6.45) is 0.221. The first-order valence-electron chi connectivity index (χ1n) is 3.96. The van der Waals surface area contributed by atoms with Gasteiger partial charge in [-0.1, -0.05) is 0 Å². The smallest absolute Gasteiger partial charge is 0.326 e. The average molecular weight is 214 g/mol. The molecule has 0 aromatic carbocycles. The molecule has 0 fully saturated rings. The molecule has 0 unspecified atom stereocenters. The van der Waals surface area contributed by atoms with Crippen LogP contribution in [0.5, 0.6) is 0 Å². The topological polar surface area (TPSA) is 79.3 Å². The van der Waals surface area contributed by atoms with Crippen molar-refractivity contribution in [3.8, 4) is 0 Å². The third-order valence-corrected chi connectivity index (χ3v) is 2.21. The number of nitrogens with one attached hydrogen (secondary N) is 1. The van der Waals surface area contributed by atoms with Crippen LogP contribution >= 0.6 is 11.3 Å². The van der Waals surface area contributed by atoms with Gasteiger partial charge in [0.25, 0.3) is 0 Å². The largest absolute Gasteiger partial charge is 0.480 e. The van der Waals surface area contributed by atoms with Crippen molar-refractivity contribution in [2.24, 2.45) is 0 Å². The normalized spacial score (nSPS) is 12.1. The fraction of sp³-hybridized carbons (Fsp3) is 0.375. The molecule has 0 aliphatic carbocycles. The molecule has 1 heterocycles. The molecule has 76 valence electrons. The second-order valence-electron chi connectivity index (χ2n) is 2.78. The van der Waals surface area contributed by atoms with Gasteiger partial charge in [0, 0.05) is 18.7 Å². The third-order valence-electron chi connectivity index (χ3n) is 1.57. The fourth-order valence-corrected chi connectivity index (χ4v) is 1.56. The molecule has 6 heteroatoms. The van der Waals surface area contributed by atoms with Gasteiger partial charge in [0.2, 0.25) is 5.91 Å². The van der Waals surface area contributed by atoms with Crippen LogP contribution in [0.4, 0.5) is 0 Å². The second-order valence-corrected chi connectivity index (χ2v) is 3.49. The van der Waals surface area contributed by atoms with Gasteiger partial charge in [0.15, 0.2) is 0 Å². The van der Waals surface area contributed by atoms with Crippen LogP contribution < -0.4 is 5.32 Å². The van der Waals surface area contributed by atoms with Crippen molar-refractivity contribution in [1.82, 2.24) is 10.3 Å². The van der Waals surface area contributed by atoms with Crippen molar-refractivity contribution in [2.45, 2.75) is 19.4 Å². The van der Waals surface area contributed by atoms with Crippen LogP contribution in [0.1, 0.15) is 12.6 Å². The van der Waals surface area contributed by atoms with Gasteiger partial charge in [0.05, 0.1) is 11.2 Å². The molecule has 1 aromatic rings. The third kappa shape index (κ3) is 3.14. The molecular weight excluding hydrogens is 204 g/mol. The number of rotatable bonds is 4. The summed E-state index contributed by atoms with van der Waals surface area (Å²) in [5.41, 5.74) is 2.30. The van der Waals surface area contributed by atoms with Gasteiger partial charge in [-0.3, -0.25) is 4.79 Å². The number of aliphatic carboxylic acids is 1. The number of nitrogens with zero attached hydrogens (tertiary/aromatic N) is 1. The Hall–Kier alpha value is -1.43. The second kappa shape index (κ2) is 4.71. The summed E-state index contributed by atoms with van der Waals surface area (Å²) in [6.45, 7) is 1.29. The molecule has 0 bridgehead atoms. The Morgan fingerprint density at radius 1 is 1.71 bits per heavy atom. The monoisotopic (exact) mass is 214 g/mol. The van der Waals surface area contributed by atoms with Crippen LogP contribution in [0.25, 0.3) is 0 Å². The van der Waals surface area contributed by atoms with E-state index in [9.17, 15) is 9.59 Å². The molecule has 0 aliphatic heterocycles. The van der Waals surface area contributed by atoms with E-state index in [4.69, 9.17) is 5.11 Å². The van der Waals surface area contributed by atoms with Gasteiger partial charge in [0.1, 0.15) is 6.04 Å². The Morgan fingerprint density at radius 2 is 2.43 bits per heavy atom. The molecule has 14 heavy (non-hydrogen) atoms. The van der Waals surface area contributed by atoms with Crippen LogP contribution in [-0.2, 0) is 16.0 Å². The highest BCUT2D eigenvalue weighted by atomic mass is 32.1. The predicted octanol–water partition coefficient (Wildman–Crippen LogP) is 0.275. The molecule has 1 atom stereocenters. The summed E-state index contributed by atoms with van der Waals surface area (Å²) in [5.74, 6) is -1.40. The van der Waals surface area contributed by atoms with Crippen LogP contribution in [0, 0.1) is 0 Å².